The molecule has 1 aliphatic rings. The lowest BCUT2D eigenvalue weighted by atomic mass is 10.2. The predicted molar refractivity (Wildman–Crippen MR) is 89.7 cm³/mol. The monoisotopic (exact) mass is 334 g/mol. The maximum Gasteiger partial charge on any atom is 0.227 e. The molecule has 116 valence electrons. The van der Waals surface area contributed by atoms with Crippen LogP contribution in [0.3, 0.4) is 0 Å². The van der Waals surface area contributed by atoms with Crippen LogP contribution in [-0.4, -0.2) is 54.2 Å². The number of ketones is 1. The maximum atomic E-state index is 12.2. The molecule has 0 atom stereocenters. The summed E-state index contributed by atoms with van der Waals surface area (Å²) < 4.78 is 0. The van der Waals surface area contributed by atoms with Crippen LogP contribution in [-0.2, 0) is 11.2 Å². The molecule has 2 aromatic rings. The zero-order valence-corrected chi connectivity index (χ0v) is 13.9. The number of amides is 1. The number of rotatable bonds is 5. The maximum absolute atomic E-state index is 12.2. The number of Topliss-reactive ketones (excluding diaryl/α,β-unsaturated/α-hetero) is 1. The second-order valence-electron chi connectivity index (χ2n) is 5.31. The first kappa shape index (κ1) is 15.4. The van der Waals surface area contributed by atoms with Crippen LogP contribution in [0.5, 0.6) is 0 Å². The highest BCUT2D eigenvalue weighted by Gasteiger charge is 2.23. The SMILES string of the molecule is O=C(CN1CCN(C(=O)Cc2cccs2)CC1)c1cccs1. The van der Waals surface area contributed by atoms with E-state index in [1.165, 1.54) is 11.3 Å². The molecule has 3 rings (SSSR count). The second kappa shape index (κ2) is 7.17. The highest BCUT2D eigenvalue weighted by Crippen LogP contribution is 2.13. The van der Waals surface area contributed by atoms with Gasteiger partial charge in [0.05, 0.1) is 17.8 Å². The Hall–Kier alpha value is -1.50. The molecule has 0 N–H and O–H groups in total. The average molecular weight is 334 g/mol. The van der Waals surface area contributed by atoms with E-state index in [1.54, 1.807) is 11.3 Å². The van der Waals surface area contributed by atoms with Gasteiger partial charge in [0, 0.05) is 31.1 Å². The summed E-state index contributed by atoms with van der Waals surface area (Å²) in [7, 11) is 0. The van der Waals surface area contributed by atoms with Crippen molar-refractivity contribution >= 4 is 34.4 Å². The molecule has 6 heteroatoms. The molecule has 0 aliphatic carbocycles. The van der Waals surface area contributed by atoms with Crippen molar-refractivity contribution in [3.05, 3.63) is 44.8 Å². The van der Waals surface area contributed by atoms with E-state index < -0.39 is 0 Å². The minimum absolute atomic E-state index is 0.174. The van der Waals surface area contributed by atoms with Gasteiger partial charge in [-0.3, -0.25) is 14.5 Å². The molecule has 3 heterocycles. The van der Waals surface area contributed by atoms with E-state index in [2.05, 4.69) is 4.90 Å². The Morgan fingerprint density at radius 2 is 1.73 bits per heavy atom. The number of hydrogen-bond donors (Lipinski definition) is 0. The molecule has 0 bridgehead atoms. The molecule has 22 heavy (non-hydrogen) atoms. The van der Waals surface area contributed by atoms with Gasteiger partial charge in [-0.2, -0.15) is 0 Å². The van der Waals surface area contributed by atoms with Gasteiger partial charge in [-0.1, -0.05) is 12.1 Å². The number of carbonyl (C=O) groups excluding carboxylic acids is 2. The summed E-state index contributed by atoms with van der Waals surface area (Å²) in [6, 6.07) is 7.74. The van der Waals surface area contributed by atoms with E-state index in [9.17, 15) is 9.59 Å². The van der Waals surface area contributed by atoms with Gasteiger partial charge in [-0.15, -0.1) is 22.7 Å². The van der Waals surface area contributed by atoms with Crippen LogP contribution in [0.15, 0.2) is 35.0 Å². The number of thiophene rings is 2. The summed E-state index contributed by atoms with van der Waals surface area (Å²) in [5.74, 6) is 0.361. The molecule has 1 saturated heterocycles. The smallest absolute Gasteiger partial charge is 0.227 e. The highest BCUT2D eigenvalue weighted by molar-refractivity contribution is 7.12. The Balaban J connectivity index is 1.46. The normalized spacial score (nSPS) is 15.9. The van der Waals surface area contributed by atoms with Gasteiger partial charge in [0.2, 0.25) is 5.91 Å². The van der Waals surface area contributed by atoms with Crippen molar-refractivity contribution in [1.82, 2.24) is 9.80 Å². The lowest BCUT2D eigenvalue weighted by Crippen LogP contribution is -2.50. The molecule has 4 nitrogen and oxygen atoms in total. The Morgan fingerprint density at radius 1 is 1.00 bits per heavy atom. The molecule has 0 saturated carbocycles. The molecular formula is C16H18N2O2S2. The Labute approximate surface area is 138 Å². The molecule has 1 aliphatic heterocycles. The second-order valence-corrected chi connectivity index (χ2v) is 7.29. The van der Waals surface area contributed by atoms with Gasteiger partial charge >= 0.3 is 0 Å². The molecule has 0 radical (unpaired) electrons. The predicted octanol–water partition coefficient (Wildman–Crippen LogP) is 2.38. The Bertz CT molecular complexity index is 615. The standard InChI is InChI=1S/C16H18N2O2S2/c19-14(15-4-2-10-22-15)12-17-5-7-18(8-6-17)16(20)11-13-3-1-9-21-13/h1-4,9-10H,5-8,11-12H2. The molecule has 0 unspecified atom stereocenters. The van der Waals surface area contributed by atoms with Gasteiger partial charge in [-0.25, -0.2) is 0 Å². The van der Waals surface area contributed by atoms with Gasteiger partial charge in [0.15, 0.2) is 5.78 Å². The first-order valence-corrected chi connectivity index (χ1v) is 9.07. The lowest BCUT2D eigenvalue weighted by molar-refractivity contribution is -0.132. The van der Waals surface area contributed by atoms with Crippen LogP contribution in [0.1, 0.15) is 14.5 Å². The van der Waals surface area contributed by atoms with E-state index in [1.807, 2.05) is 39.9 Å². The molecule has 0 aromatic carbocycles. The summed E-state index contributed by atoms with van der Waals surface area (Å²) in [6.45, 7) is 3.41. The fraction of sp³-hybridized carbons (Fsp3) is 0.375. The number of nitrogens with zero attached hydrogens (tertiary/aromatic N) is 2. The highest BCUT2D eigenvalue weighted by atomic mass is 32.1. The van der Waals surface area contributed by atoms with Crippen molar-refractivity contribution in [3.63, 3.8) is 0 Å². The summed E-state index contributed by atoms with van der Waals surface area (Å²) in [5.41, 5.74) is 0. The third-order valence-corrected chi connectivity index (χ3v) is 5.58. The number of hydrogen-bond acceptors (Lipinski definition) is 5. The zero-order valence-electron chi connectivity index (χ0n) is 12.2. The van der Waals surface area contributed by atoms with Crippen LogP contribution >= 0.6 is 22.7 Å². The summed E-state index contributed by atoms with van der Waals surface area (Å²) >= 11 is 3.11. The number of piperazine rings is 1. The first-order chi connectivity index (χ1) is 10.7. The lowest BCUT2D eigenvalue weighted by Gasteiger charge is -2.34. The Kier molecular flexibility index (Phi) is 5.02. The van der Waals surface area contributed by atoms with Crippen LogP contribution in [0.2, 0.25) is 0 Å². The average Bonchev–Trinajstić information content (AvgIpc) is 3.21. The molecule has 0 spiro atoms. The van der Waals surface area contributed by atoms with E-state index in [4.69, 9.17) is 0 Å². The topological polar surface area (TPSA) is 40.6 Å². The van der Waals surface area contributed by atoms with Crippen molar-refractivity contribution in [3.8, 4) is 0 Å². The summed E-state index contributed by atoms with van der Waals surface area (Å²) in [4.78, 5) is 30.3. The van der Waals surface area contributed by atoms with Gasteiger partial charge in [0.25, 0.3) is 0 Å². The van der Waals surface area contributed by atoms with Gasteiger partial charge < -0.3 is 4.90 Å². The quantitative estimate of drug-likeness (QED) is 0.788. The van der Waals surface area contributed by atoms with Crippen LogP contribution in [0, 0.1) is 0 Å². The fourth-order valence-corrected chi connectivity index (χ4v) is 3.90. The van der Waals surface area contributed by atoms with Gasteiger partial charge in [0.1, 0.15) is 0 Å². The van der Waals surface area contributed by atoms with Gasteiger partial charge in [-0.05, 0) is 22.9 Å². The van der Waals surface area contributed by atoms with Crippen molar-refractivity contribution in [2.45, 2.75) is 6.42 Å². The van der Waals surface area contributed by atoms with E-state index in [0.29, 0.717) is 26.1 Å². The molecule has 2 aromatic heterocycles. The zero-order chi connectivity index (χ0) is 15.4. The Morgan fingerprint density at radius 3 is 2.36 bits per heavy atom. The van der Waals surface area contributed by atoms with E-state index in [-0.39, 0.29) is 11.7 Å². The molecule has 1 fully saturated rings. The fourth-order valence-electron chi connectivity index (χ4n) is 2.55. The van der Waals surface area contributed by atoms with E-state index >= 15 is 0 Å². The van der Waals surface area contributed by atoms with Crippen molar-refractivity contribution in [1.29, 1.82) is 0 Å². The number of carbonyl (C=O) groups is 2. The van der Waals surface area contributed by atoms with Crippen molar-refractivity contribution in [2.75, 3.05) is 32.7 Å². The van der Waals surface area contributed by atoms with Crippen LogP contribution in [0.25, 0.3) is 0 Å². The molecule has 1 amide bonds. The van der Waals surface area contributed by atoms with Crippen LogP contribution < -0.4 is 0 Å². The van der Waals surface area contributed by atoms with Crippen LogP contribution in [0.4, 0.5) is 0 Å². The van der Waals surface area contributed by atoms with E-state index in [0.717, 1.165) is 22.8 Å². The van der Waals surface area contributed by atoms with Crippen molar-refractivity contribution in [2.24, 2.45) is 0 Å². The largest absolute Gasteiger partial charge is 0.340 e. The minimum Gasteiger partial charge on any atom is -0.340 e. The summed E-state index contributed by atoms with van der Waals surface area (Å²) in [6.07, 6.45) is 0.492. The third-order valence-electron chi connectivity index (χ3n) is 3.79. The third kappa shape index (κ3) is 3.82. The molecular weight excluding hydrogens is 316 g/mol. The minimum atomic E-state index is 0.174. The van der Waals surface area contributed by atoms with Crippen molar-refractivity contribution < 1.29 is 9.59 Å². The first-order valence-electron chi connectivity index (χ1n) is 7.31. The summed E-state index contributed by atoms with van der Waals surface area (Å²) in [5, 5.41) is 3.92.